The van der Waals surface area contributed by atoms with E-state index >= 15 is 0 Å². The summed E-state index contributed by atoms with van der Waals surface area (Å²) in [5, 5.41) is 9.07. The molecule has 0 rings (SSSR count). The van der Waals surface area contributed by atoms with Crippen LogP contribution in [0.1, 0.15) is 25.7 Å². The molecule has 0 bridgehead atoms. The Balaban J connectivity index is 2.95. The molecule has 1 unspecified atom stereocenters. The third kappa shape index (κ3) is 7.56. The summed E-state index contributed by atoms with van der Waals surface area (Å²) >= 11 is 0. The molecule has 2 heteroatoms. The minimum Gasteiger partial charge on any atom is -0.389 e. The molecule has 1 N–H and O–H groups in total. The van der Waals surface area contributed by atoms with Crippen LogP contribution in [-0.2, 0) is 4.74 Å². The number of unbranched alkanes of at least 4 members (excludes halogenated alkanes) is 2. The highest BCUT2D eigenvalue weighted by Crippen LogP contribution is 2.03. The van der Waals surface area contributed by atoms with Crippen LogP contribution < -0.4 is 0 Å². The second-order valence-electron chi connectivity index (χ2n) is 2.65. The Morgan fingerprint density at radius 1 is 1.45 bits per heavy atom. The van der Waals surface area contributed by atoms with Gasteiger partial charge in [0.2, 0.25) is 0 Å². The first-order chi connectivity index (χ1) is 5.31. The summed E-state index contributed by atoms with van der Waals surface area (Å²) in [4.78, 5) is 0. The molecule has 0 saturated carbocycles. The average Bonchev–Trinajstić information content (AvgIpc) is 2.04. The van der Waals surface area contributed by atoms with Crippen LogP contribution in [0.15, 0.2) is 12.7 Å². The fourth-order valence-corrected chi connectivity index (χ4v) is 0.895. The molecule has 2 nitrogen and oxygen atoms in total. The van der Waals surface area contributed by atoms with E-state index in [0.717, 1.165) is 32.3 Å². The molecule has 0 saturated heterocycles. The molecule has 1 atom stereocenters. The first-order valence-corrected chi connectivity index (χ1v) is 4.10. The fourth-order valence-electron chi connectivity index (χ4n) is 0.895. The molecule has 0 aromatic rings. The molecule has 0 heterocycles. The minimum atomic E-state index is -0.322. The maximum atomic E-state index is 9.07. The van der Waals surface area contributed by atoms with Crippen molar-refractivity contribution in [1.29, 1.82) is 0 Å². The lowest BCUT2D eigenvalue weighted by Crippen LogP contribution is -2.00. The normalized spacial score (nSPS) is 12.9. The van der Waals surface area contributed by atoms with Gasteiger partial charge in [-0.15, -0.1) is 6.58 Å². The smallest absolute Gasteiger partial charge is 0.0718 e. The summed E-state index contributed by atoms with van der Waals surface area (Å²) in [7, 11) is 1.71. The topological polar surface area (TPSA) is 29.5 Å². The first kappa shape index (κ1) is 10.7. The monoisotopic (exact) mass is 158 g/mol. The maximum Gasteiger partial charge on any atom is 0.0718 e. The van der Waals surface area contributed by atoms with E-state index in [-0.39, 0.29) is 6.10 Å². The molecule has 0 aliphatic rings. The van der Waals surface area contributed by atoms with E-state index in [4.69, 9.17) is 9.84 Å². The van der Waals surface area contributed by atoms with Crippen molar-refractivity contribution in [3.63, 3.8) is 0 Å². The van der Waals surface area contributed by atoms with Crippen LogP contribution in [0.3, 0.4) is 0 Å². The van der Waals surface area contributed by atoms with Crippen molar-refractivity contribution in [3.8, 4) is 0 Å². The largest absolute Gasteiger partial charge is 0.389 e. The van der Waals surface area contributed by atoms with Gasteiger partial charge in [0.05, 0.1) is 6.10 Å². The zero-order valence-corrected chi connectivity index (χ0v) is 7.25. The summed E-state index contributed by atoms with van der Waals surface area (Å²) in [6.07, 6.45) is 5.34. The van der Waals surface area contributed by atoms with Crippen LogP contribution in [0.4, 0.5) is 0 Å². The van der Waals surface area contributed by atoms with E-state index in [1.165, 1.54) is 0 Å². The number of ether oxygens (including phenoxy) is 1. The van der Waals surface area contributed by atoms with Gasteiger partial charge in [-0.3, -0.25) is 0 Å². The lowest BCUT2D eigenvalue weighted by Gasteiger charge is -2.03. The Hall–Kier alpha value is -0.340. The second-order valence-corrected chi connectivity index (χ2v) is 2.65. The van der Waals surface area contributed by atoms with Gasteiger partial charge in [0, 0.05) is 13.7 Å². The predicted molar refractivity (Wildman–Crippen MR) is 46.5 cm³/mol. The van der Waals surface area contributed by atoms with Gasteiger partial charge in [-0.2, -0.15) is 0 Å². The zero-order chi connectivity index (χ0) is 8.53. The van der Waals surface area contributed by atoms with Gasteiger partial charge in [0.25, 0.3) is 0 Å². The van der Waals surface area contributed by atoms with Crippen LogP contribution >= 0.6 is 0 Å². The molecule has 0 aromatic carbocycles. The van der Waals surface area contributed by atoms with Crippen molar-refractivity contribution in [3.05, 3.63) is 12.7 Å². The van der Waals surface area contributed by atoms with Gasteiger partial charge >= 0.3 is 0 Å². The minimum absolute atomic E-state index is 0.322. The molecule has 11 heavy (non-hydrogen) atoms. The average molecular weight is 158 g/mol. The predicted octanol–water partition coefficient (Wildman–Crippen LogP) is 1.74. The summed E-state index contributed by atoms with van der Waals surface area (Å²) in [5.74, 6) is 0. The van der Waals surface area contributed by atoms with Crippen molar-refractivity contribution >= 4 is 0 Å². The third-order valence-electron chi connectivity index (χ3n) is 1.62. The van der Waals surface area contributed by atoms with Crippen molar-refractivity contribution < 1.29 is 9.84 Å². The van der Waals surface area contributed by atoms with E-state index in [2.05, 4.69) is 6.58 Å². The SMILES string of the molecule is C=CC(O)CCCCCOC. The molecular weight excluding hydrogens is 140 g/mol. The van der Waals surface area contributed by atoms with Crippen molar-refractivity contribution in [2.45, 2.75) is 31.8 Å². The number of aliphatic hydroxyl groups excluding tert-OH is 1. The van der Waals surface area contributed by atoms with E-state index in [9.17, 15) is 0 Å². The molecule has 0 spiro atoms. The molecule has 0 fully saturated rings. The molecule has 0 aliphatic carbocycles. The first-order valence-electron chi connectivity index (χ1n) is 4.10. The lowest BCUT2D eigenvalue weighted by molar-refractivity contribution is 0.184. The Bertz CT molecular complexity index is 91.6. The highest BCUT2D eigenvalue weighted by molar-refractivity contribution is 4.77. The van der Waals surface area contributed by atoms with E-state index < -0.39 is 0 Å². The van der Waals surface area contributed by atoms with Crippen molar-refractivity contribution in [1.82, 2.24) is 0 Å². The molecule has 66 valence electrons. The number of aliphatic hydroxyl groups is 1. The van der Waals surface area contributed by atoms with Gasteiger partial charge in [-0.1, -0.05) is 18.9 Å². The quantitative estimate of drug-likeness (QED) is 0.451. The number of hydrogen-bond acceptors (Lipinski definition) is 2. The fraction of sp³-hybridized carbons (Fsp3) is 0.778. The Morgan fingerprint density at radius 3 is 2.73 bits per heavy atom. The summed E-state index contributed by atoms with van der Waals surface area (Å²) in [5.41, 5.74) is 0. The number of hydrogen-bond donors (Lipinski definition) is 1. The number of methoxy groups -OCH3 is 1. The third-order valence-corrected chi connectivity index (χ3v) is 1.62. The lowest BCUT2D eigenvalue weighted by atomic mass is 10.1. The van der Waals surface area contributed by atoms with Crippen LogP contribution in [0, 0.1) is 0 Å². The number of rotatable bonds is 7. The van der Waals surface area contributed by atoms with Gasteiger partial charge in [-0.25, -0.2) is 0 Å². The van der Waals surface area contributed by atoms with E-state index in [0.29, 0.717) is 0 Å². The highest BCUT2D eigenvalue weighted by atomic mass is 16.5. The van der Waals surface area contributed by atoms with E-state index in [1.54, 1.807) is 13.2 Å². The molecule has 0 amide bonds. The molecule has 0 aliphatic heterocycles. The summed E-state index contributed by atoms with van der Waals surface area (Å²) in [6.45, 7) is 4.32. The van der Waals surface area contributed by atoms with Crippen LogP contribution in [-0.4, -0.2) is 24.9 Å². The van der Waals surface area contributed by atoms with Crippen molar-refractivity contribution in [2.24, 2.45) is 0 Å². The van der Waals surface area contributed by atoms with Crippen LogP contribution in [0.2, 0.25) is 0 Å². The Kier molecular flexibility index (Phi) is 7.52. The van der Waals surface area contributed by atoms with Crippen LogP contribution in [0.25, 0.3) is 0 Å². The summed E-state index contributed by atoms with van der Waals surface area (Å²) < 4.78 is 4.89. The van der Waals surface area contributed by atoms with Gasteiger partial charge in [0.1, 0.15) is 0 Å². The standard InChI is InChI=1S/C9H18O2/c1-3-9(10)7-5-4-6-8-11-2/h3,9-10H,1,4-8H2,2H3. The Morgan fingerprint density at radius 2 is 2.18 bits per heavy atom. The van der Waals surface area contributed by atoms with Crippen molar-refractivity contribution in [2.75, 3.05) is 13.7 Å². The van der Waals surface area contributed by atoms with Gasteiger partial charge in [-0.05, 0) is 12.8 Å². The van der Waals surface area contributed by atoms with E-state index in [1.807, 2.05) is 0 Å². The highest BCUT2D eigenvalue weighted by Gasteiger charge is 1.96. The summed E-state index contributed by atoms with van der Waals surface area (Å²) in [6, 6.07) is 0. The second kappa shape index (κ2) is 7.76. The van der Waals surface area contributed by atoms with Crippen LogP contribution in [0.5, 0.6) is 0 Å². The van der Waals surface area contributed by atoms with Gasteiger partial charge < -0.3 is 9.84 Å². The molecule has 0 aromatic heterocycles. The Labute approximate surface area is 68.9 Å². The van der Waals surface area contributed by atoms with Gasteiger partial charge in [0.15, 0.2) is 0 Å². The maximum absolute atomic E-state index is 9.07. The molecule has 0 radical (unpaired) electrons. The molecular formula is C9H18O2. The zero-order valence-electron chi connectivity index (χ0n) is 7.25.